The number of aromatic amines is 1. The van der Waals surface area contributed by atoms with Gasteiger partial charge in [-0.3, -0.25) is 19.7 Å². The fourth-order valence-corrected chi connectivity index (χ4v) is 5.33. The molecule has 3 heterocycles. The van der Waals surface area contributed by atoms with Crippen molar-refractivity contribution in [1.82, 2.24) is 20.5 Å². The number of pyridine rings is 1. The Kier molecular flexibility index (Phi) is 7.84. The van der Waals surface area contributed by atoms with Crippen LogP contribution >= 0.6 is 22.9 Å². The number of carbonyl (C=O) groups is 2. The van der Waals surface area contributed by atoms with Crippen molar-refractivity contribution in [3.8, 4) is 0 Å². The number of nitrogens with one attached hydrogen (secondary N) is 4. The molecule has 0 bridgehead atoms. The minimum absolute atomic E-state index is 0.0378. The third-order valence-corrected chi connectivity index (χ3v) is 7.61. The smallest absolute Gasteiger partial charge is 0.262 e. The molecule has 1 aliphatic carbocycles. The van der Waals surface area contributed by atoms with E-state index < -0.39 is 6.04 Å². The lowest BCUT2D eigenvalue weighted by Gasteiger charge is -2.21. The van der Waals surface area contributed by atoms with Gasteiger partial charge in [-0.15, -0.1) is 11.3 Å². The van der Waals surface area contributed by atoms with Crippen molar-refractivity contribution >= 4 is 46.1 Å². The molecule has 0 spiro atoms. The highest BCUT2D eigenvalue weighted by Crippen LogP contribution is 2.30. The van der Waals surface area contributed by atoms with Gasteiger partial charge in [0.2, 0.25) is 5.91 Å². The van der Waals surface area contributed by atoms with Crippen molar-refractivity contribution < 1.29 is 9.59 Å². The molecule has 2 amide bonds. The average molecular weight is 501 g/mol. The highest BCUT2D eigenvalue weighted by Gasteiger charge is 2.28. The van der Waals surface area contributed by atoms with Crippen molar-refractivity contribution in [1.29, 1.82) is 0 Å². The first-order chi connectivity index (χ1) is 16.4. The van der Waals surface area contributed by atoms with Crippen LogP contribution in [-0.4, -0.2) is 33.0 Å². The van der Waals surface area contributed by atoms with Crippen molar-refractivity contribution in [3.05, 3.63) is 57.3 Å². The number of halogens is 1. The number of amides is 2. The summed E-state index contributed by atoms with van der Waals surface area (Å²) in [6.45, 7) is 3.94. The first-order valence-electron chi connectivity index (χ1n) is 11.5. The molecule has 0 radical (unpaired) electrons. The topological polar surface area (TPSA) is 112 Å². The van der Waals surface area contributed by atoms with Crippen molar-refractivity contribution in [2.24, 2.45) is 5.92 Å². The van der Waals surface area contributed by atoms with E-state index in [1.807, 2.05) is 26.0 Å². The predicted octanol–water partition coefficient (Wildman–Crippen LogP) is 5.32. The highest BCUT2D eigenvalue weighted by atomic mass is 35.5. The number of thiophene rings is 1. The summed E-state index contributed by atoms with van der Waals surface area (Å²) >= 11 is 7.49. The van der Waals surface area contributed by atoms with Gasteiger partial charge in [-0.05, 0) is 44.4 Å². The zero-order chi connectivity index (χ0) is 24.1. The lowest BCUT2D eigenvalue weighted by Crippen LogP contribution is -2.44. The molecular weight excluding hydrogens is 472 g/mol. The Morgan fingerprint density at radius 2 is 2.06 bits per heavy atom. The van der Waals surface area contributed by atoms with Crippen molar-refractivity contribution in [2.45, 2.75) is 58.0 Å². The number of aromatic nitrogens is 3. The molecule has 10 heteroatoms. The molecule has 4 N–H and O–H groups in total. The monoisotopic (exact) mass is 500 g/mol. The van der Waals surface area contributed by atoms with Gasteiger partial charge in [0.15, 0.2) is 0 Å². The van der Waals surface area contributed by atoms with E-state index in [4.69, 9.17) is 11.6 Å². The van der Waals surface area contributed by atoms with Gasteiger partial charge in [0.25, 0.3) is 5.91 Å². The maximum absolute atomic E-state index is 13.1. The van der Waals surface area contributed by atoms with Gasteiger partial charge in [-0.25, -0.2) is 0 Å². The van der Waals surface area contributed by atoms with Crippen molar-refractivity contribution in [3.63, 3.8) is 0 Å². The number of carbonyl (C=O) groups excluding carboxylic acids is 2. The molecular formula is C24H29ClN6O2S. The van der Waals surface area contributed by atoms with E-state index in [0.717, 1.165) is 29.1 Å². The molecule has 1 saturated carbocycles. The second-order valence-electron chi connectivity index (χ2n) is 8.74. The lowest BCUT2D eigenvalue weighted by molar-refractivity contribution is -0.118. The molecule has 3 aromatic heterocycles. The highest BCUT2D eigenvalue weighted by molar-refractivity contribution is 7.14. The Morgan fingerprint density at radius 1 is 1.26 bits per heavy atom. The van der Waals surface area contributed by atoms with Crippen LogP contribution < -0.4 is 16.0 Å². The fourth-order valence-electron chi connectivity index (χ4n) is 4.25. The van der Waals surface area contributed by atoms with Gasteiger partial charge in [-0.2, -0.15) is 5.10 Å². The number of nitrogens with zero attached hydrogens (tertiary/aromatic N) is 2. The number of H-pyrrole nitrogens is 1. The van der Waals surface area contributed by atoms with Gasteiger partial charge in [-0.1, -0.05) is 37.3 Å². The third-order valence-electron chi connectivity index (χ3n) is 6.13. The number of anilines is 2. The molecule has 3 aromatic rings. The number of rotatable bonds is 9. The minimum atomic E-state index is -0.605. The maximum Gasteiger partial charge on any atom is 0.262 e. The Balaban J connectivity index is 1.42. The number of hydrogen-bond acceptors (Lipinski definition) is 6. The Bertz CT molecular complexity index is 1130. The summed E-state index contributed by atoms with van der Waals surface area (Å²) in [6, 6.07) is 4.93. The molecule has 1 aliphatic rings. The van der Waals surface area contributed by atoms with Crippen LogP contribution in [0.1, 0.15) is 65.3 Å². The van der Waals surface area contributed by atoms with Crippen LogP contribution in [0, 0.1) is 12.8 Å². The average Bonchev–Trinajstić information content (AvgIpc) is 3.58. The van der Waals surface area contributed by atoms with E-state index in [-0.39, 0.29) is 17.9 Å². The quantitative estimate of drug-likeness (QED) is 0.318. The molecule has 0 saturated heterocycles. The van der Waals surface area contributed by atoms with E-state index in [0.29, 0.717) is 27.9 Å². The Labute approximate surface area is 207 Å². The normalized spacial score (nSPS) is 15.6. The summed E-state index contributed by atoms with van der Waals surface area (Å²) < 4.78 is 0. The van der Waals surface area contributed by atoms with Gasteiger partial charge in [0.05, 0.1) is 39.2 Å². The molecule has 180 valence electrons. The second-order valence-corrected chi connectivity index (χ2v) is 10.3. The molecule has 1 fully saturated rings. The zero-order valence-electron chi connectivity index (χ0n) is 19.2. The van der Waals surface area contributed by atoms with Crippen molar-refractivity contribution in [2.75, 3.05) is 10.6 Å². The van der Waals surface area contributed by atoms with Gasteiger partial charge in [0, 0.05) is 17.3 Å². The van der Waals surface area contributed by atoms with Gasteiger partial charge >= 0.3 is 0 Å². The van der Waals surface area contributed by atoms with Crippen LogP contribution in [-0.2, 0) is 4.79 Å². The van der Waals surface area contributed by atoms with Crippen LogP contribution in [0.15, 0.2) is 36.8 Å². The lowest BCUT2D eigenvalue weighted by atomic mass is 9.97. The van der Waals surface area contributed by atoms with E-state index in [1.165, 1.54) is 24.2 Å². The molecule has 0 aliphatic heterocycles. The Hall–Kier alpha value is -2.91. The molecule has 2 atom stereocenters. The van der Waals surface area contributed by atoms with E-state index in [2.05, 4.69) is 31.1 Å². The van der Waals surface area contributed by atoms with Crippen LogP contribution in [0.2, 0.25) is 5.02 Å². The van der Waals surface area contributed by atoms with E-state index in [1.54, 1.807) is 24.7 Å². The van der Waals surface area contributed by atoms with Gasteiger partial charge < -0.3 is 16.0 Å². The second kappa shape index (κ2) is 11.0. The molecule has 0 unspecified atom stereocenters. The summed E-state index contributed by atoms with van der Waals surface area (Å²) in [5, 5.41) is 16.3. The first kappa shape index (κ1) is 24.2. The summed E-state index contributed by atoms with van der Waals surface area (Å²) in [4.78, 5) is 31.9. The van der Waals surface area contributed by atoms with Crippen LogP contribution in [0.3, 0.4) is 0 Å². The largest absolute Gasteiger partial charge is 0.376 e. The Morgan fingerprint density at radius 3 is 2.79 bits per heavy atom. The molecule has 0 aromatic carbocycles. The van der Waals surface area contributed by atoms with Crippen LogP contribution in [0.25, 0.3) is 0 Å². The summed E-state index contributed by atoms with van der Waals surface area (Å²) in [5.41, 5.74) is 2.29. The van der Waals surface area contributed by atoms with Crippen LogP contribution in [0.5, 0.6) is 0 Å². The molecule has 4 rings (SSSR count). The molecule has 34 heavy (non-hydrogen) atoms. The third kappa shape index (κ3) is 6.15. The zero-order valence-corrected chi connectivity index (χ0v) is 20.8. The number of hydrogen-bond donors (Lipinski definition) is 4. The van der Waals surface area contributed by atoms with E-state index >= 15 is 0 Å². The summed E-state index contributed by atoms with van der Waals surface area (Å²) in [7, 11) is 0. The van der Waals surface area contributed by atoms with Crippen LogP contribution in [0.4, 0.5) is 11.4 Å². The SMILES string of the molecule is Cc1ncc(Cl)cc1N[C@@H](C)c1ccc(C(=O)N[C@@H](CC2CCCC2)C(=O)Nc2cn[nH]c2)s1. The summed E-state index contributed by atoms with van der Waals surface area (Å²) in [5.74, 6) is -0.0233. The molecule has 8 nitrogen and oxygen atoms in total. The standard InChI is InChI=1S/C24H29ClN6O2S/c1-14-19(10-17(25)11-26-14)29-15(2)21-7-8-22(34-21)24(33)31-20(9-16-5-3-4-6-16)23(32)30-18-12-27-28-13-18/h7-8,10-13,15-16,20,29H,3-6,9H2,1-2H3,(H,27,28)(H,30,32)(H,31,33)/t15-,20-/m0/s1. The first-order valence-corrected chi connectivity index (χ1v) is 12.7. The minimum Gasteiger partial charge on any atom is -0.376 e. The fraction of sp³-hybridized carbons (Fsp3) is 0.417. The predicted molar refractivity (Wildman–Crippen MR) is 135 cm³/mol. The number of aryl methyl sites for hydroxylation is 1. The van der Waals surface area contributed by atoms with E-state index in [9.17, 15) is 9.59 Å². The maximum atomic E-state index is 13.1. The summed E-state index contributed by atoms with van der Waals surface area (Å²) in [6.07, 6.45) is 9.94. The van der Waals surface area contributed by atoms with Gasteiger partial charge in [0.1, 0.15) is 6.04 Å².